The highest BCUT2D eigenvalue weighted by atomic mass is 127. The molecular weight excluding hydrogens is 265 g/mol. The predicted octanol–water partition coefficient (Wildman–Crippen LogP) is 2.58. The Hall–Kier alpha value is -0.840. The average molecular weight is 271 g/mol. The van der Waals surface area contributed by atoms with Crippen molar-refractivity contribution >= 4 is 39.8 Å². The molecule has 1 N–H and O–H groups in total. The molecule has 60 valence electrons. The summed E-state index contributed by atoms with van der Waals surface area (Å²) in [4.78, 5) is 13.8. The molecule has 0 unspecified atom stereocenters. The van der Waals surface area contributed by atoms with Crippen LogP contribution in [0.5, 0.6) is 0 Å². The summed E-state index contributed by atoms with van der Waals surface area (Å²) >= 11 is 2.19. The van der Waals surface area contributed by atoms with Gasteiger partial charge in [0.2, 0.25) is 0 Å². The van der Waals surface area contributed by atoms with Crippen molar-refractivity contribution in [3.8, 4) is 0 Å². The minimum absolute atomic E-state index is 0.742. The lowest BCUT2D eigenvalue weighted by molar-refractivity contribution is 0.112. The van der Waals surface area contributed by atoms with Crippen LogP contribution in [0, 0.1) is 3.70 Å². The number of carbonyl (C=O) groups excluding carboxylic acids is 1. The van der Waals surface area contributed by atoms with Gasteiger partial charge in [-0.05, 0) is 34.7 Å². The number of fused-ring (bicyclic) bond motifs is 1. The van der Waals surface area contributed by atoms with Gasteiger partial charge >= 0.3 is 0 Å². The summed E-state index contributed by atoms with van der Waals surface area (Å²) in [6, 6.07) is 7.63. The van der Waals surface area contributed by atoms with Crippen molar-refractivity contribution in [3.05, 3.63) is 33.5 Å². The van der Waals surface area contributed by atoms with Gasteiger partial charge in [0.05, 0.1) is 3.70 Å². The first-order valence-electron chi connectivity index (χ1n) is 3.53. The van der Waals surface area contributed by atoms with E-state index in [2.05, 4.69) is 27.6 Å². The highest BCUT2D eigenvalue weighted by Gasteiger charge is 2.01. The van der Waals surface area contributed by atoms with E-state index in [1.165, 1.54) is 0 Å². The van der Waals surface area contributed by atoms with Crippen LogP contribution in [0.4, 0.5) is 0 Å². The number of benzene rings is 1. The smallest absolute Gasteiger partial charge is 0.150 e. The molecule has 2 aromatic rings. The minimum atomic E-state index is 0.742. The molecule has 0 radical (unpaired) electrons. The number of rotatable bonds is 1. The Morgan fingerprint density at radius 3 is 3.00 bits per heavy atom. The molecule has 1 aromatic carbocycles. The maximum absolute atomic E-state index is 10.6. The third-order valence-corrected chi connectivity index (χ3v) is 2.37. The molecule has 0 spiro atoms. The van der Waals surface area contributed by atoms with Gasteiger partial charge in [-0.3, -0.25) is 4.79 Å². The molecule has 0 aliphatic rings. The Morgan fingerprint density at radius 1 is 1.42 bits per heavy atom. The van der Waals surface area contributed by atoms with Crippen LogP contribution in [0.1, 0.15) is 10.4 Å². The zero-order valence-corrected chi connectivity index (χ0v) is 8.33. The van der Waals surface area contributed by atoms with E-state index in [1.807, 2.05) is 24.3 Å². The molecule has 0 aliphatic carbocycles. The standard InChI is InChI=1S/C9H6INO/c10-9-4-7-6(5-12)2-1-3-8(7)11-9/h1-5,11H. The number of carbonyl (C=O) groups is 1. The molecular formula is C9H6INO. The number of aldehydes is 1. The van der Waals surface area contributed by atoms with Gasteiger partial charge in [-0.2, -0.15) is 0 Å². The number of hydrogen-bond acceptors (Lipinski definition) is 1. The molecule has 0 saturated heterocycles. The van der Waals surface area contributed by atoms with Crippen LogP contribution >= 0.6 is 22.6 Å². The molecule has 2 nitrogen and oxygen atoms in total. The van der Waals surface area contributed by atoms with Crippen LogP contribution in [0.15, 0.2) is 24.3 Å². The Morgan fingerprint density at radius 2 is 2.25 bits per heavy atom. The SMILES string of the molecule is O=Cc1cccc2[nH]c(I)cc12. The van der Waals surface area contributed by atoms with Gasteiger partial charge in [0.25, 0.3) is 0 Å². The third kappa shape index (κ3) is 1.14. The topological polar surface area (TPSA) is 32.9 Å². The van der Waals surface area contributed by atoms with Crippen molar-refractivity contribution in [1.82, 2.24) is 4.98 Å². The van der Waals surface area contributed by atoms with Gasteiger partial charge < -0.3 is 4.98 Å². The van der Waals surface area contributed by atoms with Crippen molar-refractivity contribution < 1.29 is 4.79 Å². The fourth-order valence-corrected chi connectivity index (χ4v) is 1.85. The molecule has 0 bridgehead atoms. The maximum atomic E-state index is 10.6. The molecule has 1 heterocycles. The number of aromatic nitrogens is 1. The van der Waals surface area contributed by atoms with Crippen LogP contribution in [0.2, 0.25) is 0 Å². The summed E-state index contributed by atoms with van der Waals surface area (Å²) in [7, 11) is 0. The van der Waals surface area contributed by atoms with Gasteiger partial charge in [0.15, 0.2) is 6.29 Å². The van der Waals surface area contributed by atoms with E-state index >= 15 is 0 Å². The van der Waals surface area contributed by atoms with E-state index in [0.29, 0.717) is 0 Å². The summed E-state index contributed by atoms with van der Waals surface area (Å²) < 4.78 is 1.05. The fraction of sp³-hybridized carbons (Fsp3) is 0. The van der Waals surface area contributed by atoms with E-state index in [1.54, 1.807) is 0 Å². The van der Waals surface area contributed by atoms with Gasteiger partial charge in [-0.25, -0.2) is 0 Å². The van der Waals surface area contributed by atoms with Gasteiger partial charge in [-0.1, -0.05) is 12.1 Å². The Balaban J connectivity index is 2.86. The van der Waals surface area contributed by atoms with E-state index in [0.717, 1.165) is 26.5 Å². The zero-order valence-electron chi connectivity index (χ0n) is 6.17. The van der Waals surface area contributed by atoms with Crippen molar-refractivity contribution in [2.24, 2.45) is 0 Å². The molecule has 12 heavy (non-hydrogen) atoms. The van der Waals surface area contributed by atoms with Crippen LogP contribution in [-0.4, -0.2) is 11.3 Å². The Labute approximate surface area is 83.1 Å². The third-order valence-electron chi connectivity index (χ3n) is 1.79. The molecule has 0 atom stereocenters. The second kappa shape index (κ2) is 2.90. The van der Waals surface area contributed by atoms with Gasteiger partial charge in [0.1, 0.15) is 0 Å². The first kappa shape index (κ1) is 7.79. The van der Waals surface area contributed by atoms with Crippen LogP contribution < -0.4 is 0 Å². The summed E-state index contributed by atoms with van der Waals surface area (Å²) in [5.41, 5.74) is 1.76. The molecule has 2 rings (SSSR count). The molecule has 0 aliphatic heterocycles. The fourth-order valence-electron chi connectivity index (χ4n) is 1.25. The summed E-state index contributed by atoms with van der Waals surface area (Å²) in [5, 5.41) is 0.997. The largest absolute Gasteiger partial charge is 0.350 e. The van der Waals surface area contributed by atoms with Gasteiger partial charge in [-0.15, -0.1) is 0 Å². The molecule has 0 fully saturated rings. The van der Waals surface area contributed by atoms with E-state index in [4.69, 9.17) is 0 Å². The van der Waals surface area contributed by atoms with Crippen LogP contribution in [0.25, 0.3) is 10.9 Å². The first-order chi connectivity index (χ1) is 5.81. The maximum Gasteiger partial charge on any atom is 0.150 e. The monoisotopic (exact) mass is 271 g/mol. The molecule has 1 aromatic heterocycles. The highest BCUT2D eigenvalue weighted by molar-refractivity contribution is 14.1. The first-order valence-corrected chi connectivity index (χ1v) is 4.61. The summed E-state index contributed by atoms with van der Waals surface area (Å²) in [6.07, 6.45) is 0.881. The second-order valence-electron chi connectivity index (χ2n) is 2.54. The number of H-pyrrole nitrogens is 1. The zero-order chi connectivity index (χ0) is 8.55. The summed E-state index contributed by atoms with van der Waals surface area (Å²) in [5.74, 6) is 0. The van der Waals surface area contributed by atoms with E-state index in [9.17, 15) is 4.79 Å². The quantitative estimate of drug-likeness (QED) is 0.627. The van der Waals surface area contributed by atoms with Gasteiger partial charge in [0, 0.05) is 16.5 Å². The number of aromatic amines is 1. The number of hydrogen-bond donors (Lipinski definition) is 1. The van der Waals surface area contributed by atoms with Crippen molar-refractivity contribution in [2.45, 2.75) is 0 Å². The second-order valence-corrected chi connectivity index (χ2v) is 3.71. The molecule has 0 saturated carbocycles. The van der Waals surface area contributed by atoms with E-state index in [-0.39, 0.29) is 0 Å². The number of nitrogens with one attached hydrogen (secondary N) is 1. The molecule has 0 amide bonds. The molecule has 3 heteroatoms. The van der Waals surface area contributed by atoms with Crippen molar-refractivity contribution in [1.29, 1.82) is 0 Å². The lowest BCUT2D eigenvalue weighted by Crippen LogP contribution is -1.78. The Kier molecular flexibility index (Phi) is 1.88. The lowest BCUT2D eigenvalue weighted by Gasteiger charge is -1.91. The predicted molar refractivity (Wildman–Crippen MR) is 56.4 cm³/mol. The van der Waals surface area contributed by atoms with Crippen molar-refractivity contribution in [3.63, 3.8) is 0 Å². The number of halogens is 1. The minimum Gasteiger partial charge on any atom is -0.350 e. The van der Waals surface area contributed by atoms with Crippen LogP contribution in [0.3, 0.4) is 0 Å². The normalized spacial score (nSPS) is 10.4. The van der Waals surface area contributed by atoms with Crippen molar-refractivity contribution in [2.75, 3.05) is 0 Å². The van der Waals surface area contributed by atoms with E-state index < -0.39 is 0 Å². The highest BCUT2D eigenvalue weighted by Crippen LogP contribution is 2.19. The Bertz CT molecular complexity index is 433. The average Bonchev–Trinajstić information content (AvgIpc) is 2.44. The van der Waals surface area contributed by atoms with Crippen LogP contribution in [-0.2, 0) is 0 Å². The summed E-state index contributed by atoms with van der Waals surface area (Å²) in [6.45, 7) is 0. The lowest BCUT2D eigenvalue weighted by atomic mass is 10.1.